The number of piperidine rings is 1. The zero-order valence-electron chi connectivity index (χ0n) is 14.5. The smallest absolute Gasteiger partial charge is 0.204 e. The first-order valence-electron chi connectivity index (χ1n) is 9.07. The number of halogens is 1. The van der Waals surface area contributed by atoms with Gasteiger partial charge in [0.1, 0.15) is 0 Å². The van der Waals surface area contributed by atoms with E-state index in [9.17, 15) is 5.11 Å². The van der Waals surface area contributed by atoms with Crippen molar-refractivity contribution in [1.82, 2.24) is 14.9 Å². The van der Waals surface area contributed by atoms with E-state index in [0.717, 1.165) is 48.5 Å². The van der Waals surface area contributed by atoms with Gasteiger partial charge >= 0.3 is 0 Å². The fraction of sp³-hybridized carbons (Fsp3) is 0.350. The number of anilines is 1. The van der Waals surface area contributed by atoms with Crippen LogP contribution in [0.25, 0.3) is 11.0 Å². The Balaban J connectivity index is 1.77. The molecule has 4 rings (SSSR count). The van der Waals surface area contributed by atoms with Gasteiger partial charge in [0.15, 0.2) is 0 Å². The number of aromatic nitrogens is 2. The number of imidazole rings is 1. The molecule has 0 radical (unpaired) electrons. The molecule has 26 heavy (non-hydrogen) atoms. The molecule has 0 amide bonds. The highest BCUT2D eigenvalue weighted by atomic mass is 35.5. The summed E-state index contributed by atoms with van der Waals surface area (Å²) >= 11 is 6.04. The van der Waals surface area contributed by atoms with Gasteiger partial charge in [0.25, 0.3) is 0 Å². The zero-order valence-corrected chi connectivity index (χ0v) is 15.3. The maximum atomic E-state index is 10.2. The molecule has 1 aliphatic rings. The van der Waals surface area contributed by atoms with Crippen LogP contribution >= 0.6 is 11.6 Å². The number of hydrogen-bond donors (Lipinski definition) is 3. The number of aliphatic hydroxyl groups is 1. The quantitative estimate of drug-likeness (QED) is 0.644. The van der Waals surface area contributed by atoms with Gasteiger partial charge in [-0.2, -0.15) is 0 Å². The van der Waals surface area contributed by atoms with E-state index in [1.165, 1.54) is 0 Å². The topological polar surface area (TPSA) is 62.1 Å². The molecule has 0 saturated carbocycles. The molecule has 1 fully saturated rings. The number of nitrogens with one attached hydrogen (secondary N) is 2. The average molecular weight is 371 g/mol. The molecule has 0 spiro atoms. The van der Waals surface area contributed by atoms with Crippen LogP contribution in [-0.4, -0.2) is 40.4 Å². The van der Waals surface area contributed by atoms with Crippen LogP contribution in [0.3, 0.4) is 0 Å². The SMILES string of the molecule is OCC(c1ccc(Cl)cc1)n1c(NC2CCNCC2)nc2ccccc21. The Morgan fingerprint density at radius 2 is 1.88 bits per heavy atom. The largest absolute Gasteiger partial charge is 0.394 e. The van der Waals surface area contributed by atoms with Crippen LogP contribution in [0.1, 0.15) is 24.4 Å². The van der Waals surface area contributed by atoms with E-state index in [0.29, 0.717) is 11.1 Å². The fourth-order valence-corrected chi connectivity index (χ4v) is 3.76. The summed E-state index contributed by atoms with van der Waals surface area (Å²) < 4.78 is 2.11. The second-order valence-corrected chi connectivity index (χ2v) is 7.15. The number of hydrogen-bond acceptors (Lipinski definition) is 4. The summed E-state index contributed by atoms with van der Waals surface area (Å²) in [6.07, 6.45) is 2.13. The molecule has 6 heteroatoms. The first-order chi connectivity index (χ1) is 12.8. The molecule has 2 heterocycles. The maximum Gasteiger partial charge on any atom is 0.204 e. The summed E-state index contributed by atoms with van der Waals surface area (Å²) in [5.41, 5.74) is 2.95. The van der Waals surface area contributed by atoms with E-state index < -0.39 is 0 Å². The van der Waals surface area contributed by atoms with Crippen LogP contribution in [0.5, 0.6) is 0 Å². The van der Waals surface area contributed by atoms with Gasteiger partial charge in [-0.05, 0) is 55.8 Å². The average Bonchev–Trinajstić information content (AvgIpc) is 3.03. The molecule has 1 atom stereocenters. The second kappa shape index (κ2) is 7.66. The Morgan fingerprint density at radius 3 is 2.62 bits per heavy atom. The van der Waals surface area contributed by atoms with Gasteiger partial charge in [-0.3, -0.25) is 0 Å². The van der Waals surface area contributed by atoms with E-state index in [4.69, 9.17) is 16.6 Å². The van der Waals surface area contributed by atoms with Crippen molar-refractivity contribution in [2.24, 2.45) is 0 Å². The highest BCUT2D eigenvalue weighted by Gasteiger charge is 2.23. The number of nitrogens with zero attached hydrogens (tertiary/aromatic N) is 2. The fourth-order valence-electron chi connectivity index (χ4n) is 3.63. The van der Waals surface area contributed by atoms with Crippen LogP contribution in [0, 0.1) is 0 Å². The highest BCUT2D eigenvalue weighted by molar-refractivity contribution is 6.30. The number of benzene rings is 2. The molecule has 1 unspecified atom stereocenters. The molecule has 0 aliphatic carbocycles. The summed E-state index contributed by atoms with van der Waals surface area (Å²) in [5.74, 6) is 0.812. The predicted molar refractivity (Wildman–Crippen MR) is 106 cm³/mol. The lowest BCUT2D eigenvalue weighted by Gasteiger charge is -2.26. The van der Waals surface area contributed by atoms with Gasteiger partial charge in [0.05, 0.1) is 23.7 Å². The van der Waals surface area contributed by atoms with Crippen LogP contribution in [0.4, 0.5) is 5.95 Å². The number of para-hydroxylation sites is 2. The Labute approximate surface area is 158 Å². The Bertz CT molecular complexity index is 871. The summed E-state index contributed by atoms with van der Waals surface area (Å²) in [6.45, 7) is 2.01. The van der Waals surface area contributed by atoms with Crippen molar-refractivity contribution < 1.29 is 5.11 Å². The minimum atomic E-state index is -0.219. The highest BCUT2D eigenvalue weighted by Crippen LogP contribution is 2.30. The first-order valence-corrected chi connectivity index (χ1v) is 9.44. The molecule has 1 aliphatic heterocycles. The van der Waals surface area contributed by atoms with E-state index in [2.05, 4.69) is 21.3 Å². The predicted octanol–water partition coefficient (Wildman–Crippen LogP) is 3.44. The molecule has 5 nitrogen and oxygen atoms in total. The lowest BCUT2D eigenvalue weighted by Crippen LogP contribution is -2.36. The number of fused-ring (bicyclic) bond motifs is 1. The number of aliphatic hydroxyl groups excluding tert-OH is 1. The third kappa shape index (κ3) is 3.43. The normalized spacial score (nSPS) is 16.7. The second-order valence-electron chi connectivity index (χ2n) is 6.71. The minimum absolute atomic E-state index is 0.0110. The molecule has 136 valence electrons. The van der Waals surface area contributed by atoms with E-state index >= 15 is 0 Å². The van der Waals surface area contributed by atoms with Gasteiger partial charge in [-0.15, -0.1) is 0 Å². The summed E-state index contributed by atoms with van der Waals surface area (Å²) in [7, 11) is 0. The standard InChI is InChI=1S/C20H23ClN4O/c21-15-7-5-14(6-8-15)19(13-26)25-18-4-2-1-3-17(18)24-20(25)23-16-9-11-22-12-10-16/h1-8,16,19,22,26H,9-13H2,(H,23,24). The molecular weight excluding hydrogens is 348 g/mol. The molecule has 1 aromatic heterocycles. The lowest BCUT2D eigenvalue weighted by molar-refractivity contribution is 0.252. The van der Waals surface area contributed by atoms with Crippen molar-refractivity contribution in [2.45, 2.75) is 24.9 Å². The van der Waals surface area contributed by atoms with Crippen LogP contribution in [-0.2, 0) is 0 Å². The lowest BCUT2D eigenvalue weighted by atomic mass is 10.1. The van der Waals surface area contributed by atoms with E-state index in [-0.39, 0.29) is 12.6 Å². The van der Waals surface area contributed by atoms with Gasteiger partial charge in [0, 0.05) is 11.1 Å². The molecule has 0 bridgehead atoms. The molecule has 3 aromatic rings. The Kier molecular flexibility index (Phi) is 5.11. The molecule has 1 saturated heterocycles. The molecular formula is C20H23ClN4O. The molecule has 2 aromatic carbocycles. The first kappa shape index (κ1) is 17.3. The van der Waals surface area contributed by atoms with E-state index in [1.807, 2.05) is 42.5 Å². The monoisotopic (exact) mass is 370 g/mol. The van der Waals surface area contributed by atoms with E-state index in [1.54, 1.807) is 0 Å². The van der Waals surface area contributed by atoms with Crippen LogP contribution in [0.15, 0.2) is 48.5 Å². The van der Waals surface area contributed by atoms with Crippen molar-refractivity contribution in [2.75, 3.05) is 25.0 Å². The van der Waals surface area contributed by atoms with Crippen LogP contribution < -0.4 is 10.6 Å². The Hall–Kier alpha value is -2.08. The van der Waals surface area contributed by atoms with Crippen molar-refractivity contribution >= 4 is 28.6 Å². The maximum absolute atomic E-state index is 10.2. The van der Waals surface area contributed by atoms with Crippen molar-refractivity contribution in [1.29, 1.82) is 0 Å². The summed E-state index contributed by atoms with van der Waals surface area (Å²) in [5, 5.41) is 17.9. The van der Waals surface area contributed by atoms with Crippen molar-refractivity contribution in [3.63, 3.8) is 0 Å². The summed E-state index contributed by atoms with van der Waals surface area (Å²) in [6, 6.07) is 15.9. The van der Waals surface area contributed by atoms with Gasteiger partial charge in [-0.1, -0.05) is 35.9 Å². The van der Waals surface area contributed by atoms with Crippen LogP contribution in [0.2, 0.25) is 5.02 Å². The van der Waals surface area contributed by atoms with Crippen molar-refractivity contribution in [3.8, 4) is 0 Å². The Morgan fingerprint density at radius 1 is 1.15 bits per heavy atom. The minimum Gasteiger partial charge on any atom is -0.394 e. The van der Waals surface area contributed by atoms with Gasteiger partial charge < -0.3 is 20.3 Å². The van der Waals surface area contributed by atoms with Crippen molar-refractivity contribution in [3.05, 3.63) is 59.1 Å². The van der Waals surface area contributed by atoms with Gasteiger partial charge in [-0.25, -0.2) is 4.98 Å². The molecule has 3 N–H and O–H groups in total. The summed E-state index contributed by atoms with van der Waals surface area (Å²) in [4.78, 5) is 4.81. The van der Waals surface area contributed by atoms with Gasteiger partial charge in [0.2, 0.25) is 5.95 Å². The zero-order chi connectivity index (χ0) is 17.9. The third-order valence-electron chi connectivity index (χ3n) is 5.01. The number of rotatable bonds is 5. The third-order valence-corrected chi connectivity index (χ3v) is 5.26.